The molecule has 0 aliphatic carbocycles. The monoisotopic (exact) mass is 476 g/mol. The van der Waals surface area contributed by atoms with E-state index in [4.69, 9.17) is 9.47 Å². The Kier molecular flexibility index (Phi) is 7.10. The van der Waals surface area contributed by atoms with Gasteiger partial charge in [-0.25, -0.2) is 9.48 Å². The number of fused-ring (bicyclic) bond motifs is 1. The number of nitrogens with zero attached hydrogens (tertiary/aromatic N) is 5. The van der Waals surface area contributed by atoms with Crippen LogP contribution < -0.4 is 5.32 Å². The van der Waals surface area contributed by atoms with Gasteiger partial charge in [0.05, 0.1) is 30.4 Å². The predicted molar refractivity (Wildman–Crippen MR) is 126 cm³/mol. The Bertz CT molecular complexity index is 1150. The van der Waals surface area contributed by atoms with E-state index in [0.717, 1.165) is 35.2 Å². The summed E-state index contributed by atoms with van der Waals surface area (Å²) < 4.78 is 12.9. The van der Waals surface area contributed by atoms with Crippen LogP contribution in [-0.4, -0.2) is 76.4 Å². The molecule has 5 rings (SSSR count). The average Bonchev–Trinajstić information content (AvgIpc) is 3.42. The molecule has 0 radical (unpaired) electrons. The fraction of sp³-hybridized carbons (Fsp3) is 0.400. The van der Waals surface area contributed by atoms with Crippen LogP contribution in [0.25, 0.3) is 5.69 Å². The number of esters is 1. The molecule has 10 heteroatoms. The highest BCUT2D eigenvalue weighted by Crippen LogP contribution is 2.24. The maximum absolute atomic E-state index is 13.0. The lowest BCUT2D eigenvalue weighted by Crippen LogP contribution is -2.40. The second-order valence-corrected chi connectivity index (χ2v) is 8.70. The summed E-state index contributed by atoms with van der Waals surface area (Å²) in [5, 5.41) is 14.6. The van der Waals surface area contributed by atoms with Crippen molar-refractivity contribution in [2.45, 2.75) is 25.4 Å². The van der Waals surface area contributed by atoms with Crippen LogP contribution in [0.15, 0.2) is 48.8 Å². The van der Waals surface area contributed by atoms with E-state index in [0.29, 0.717) is 51.4 Å². The number of benzene rings is 2. The quantitative estimate of drug-likeness (QED) is 0.564. The molecule has 1 aromatic heterocycles. The summed E-state index contributed by atoms with van der Waals surface area (Å²) >= 11 is 0. The van der Waals surface area contributed by atoms with Crippen molar-refractivity contribution < 1.29 is 19.1 Å². The van der Waals surface area contributed by atoms with E-state index in [9.17, 15) is 9.59 Å². The standard InChI is InChI=1S/C25H28N6O4/c32-24(14-18-2-5-21(6-3-18)31-17-27-28-29-31)30-10-1-12-34-23(16-26-9-11-30)20-4-7-22-19(15-20)8-13-35-25(22)33/h2-7,15,17,23,26H,1,8-14,16H2/t23-/m0/s1. The zero-order chi connectivity index (χ0) is 24.0. The Hall–Kier alpha value is -3.63. The lowest BCUT2D eigenvalue weighted by atomic mass is 9.97. The molecule has 10 nitrogen and oxygen atoms in total. The first kappa shape index (κ1) is 23.1. The number of amides is 1. The minimum absolute atomic E-state index is 0.0978. The van der Waals surface area contributed by atoms with E-state index in [1.165, 1.54) is 6.33 Å². The van der Waals surface area contributed by atoms with Crippen molar-refractivity contribution in [2.24, 2.45) is 0 Å². The molecule has 0 saturated carbocycles. The number of ether oxygens (including phenoxy) is 2. The Morgan fingerprint density at radius 3 is 2.83 bits per heavy atom. The van der Waals surface area contributed by atoms with Crippen LogP contribution >= 0.6 is 0 Å². The van der Waals surface area contributed by atoms with Crippen molar-refractivity contribution in [1.29, 1.82) is 0 Å². The van der Waals surface area contributed by atoms with Crippen LogP contribution in [0.5, 0.6) is 0 Å². The maximum Gasteiger partial charge on any atom is 0.338 e. The van der Waals surface area contributed by atoms with Crippen LogP contribution in [0.3, 0.4) is 0 Å². The SMILES string of the molecule is O=C1OCCc2cc([C@@H]3CNCCN(C(=O)Cc4ccc(-n5cnnn5)cc4)CCCO3)ccc21. The van der Waals surface area contributed by atoms with E-state index < -0.39 is 0 Å². The van der Waals surface area contributed by atoms with Crippen LogP contribution in [0.4, 0.5) is 0 Å². The molecule has 1 fully saturated rings. The molecule has 3 aromatic rings. The molecule has 2 aromatic carbocycles. The summed E-state index contributed by atoms with van der Waals surface area (Å²) in [6.07, 6.45) is 3.27. The van der Waals surface area contributed by atoms with Crippen molar-refractivity contribution in [2.75, 3.05) is 39.4 Å². The number of nitrogens with one attached hydrogen (secondary N) is 1. The molecule has 0 bridgehead atoms. The van der Waals surface area contributed by atoms with Gasteiger partial charge in [-0.05, 0) is 51.7 Å². The number of carbonyl (C=O) groups excluding carboxylic acids is 2. The fourth-order valence-electron chi connectivity index (χ4n) is 4.45. The van der Waals surface area contributed by atoms with Gasteiger partial charge in [-0.15, -0.1) is 5.10 Å². The second kappa shape index (κ2) is 10.7. The molecule has 1 amide bonds. The number of hydrogen-bond acceptors (Lipinski definition) is 8. The number of aromatic nitrogens is 4. The van der Waals surface area contributed by atoms with E-state index >= 15 is 0 Å². The molecular formula is C25H28N6O4. The number of rotatable bonds is 4. The van der Waals surface area contributed by atoms with Gasteiger partial charge < -0.3 is 19.7 Å². The molecular weight excluding hydrogens is 448 g/mol. The van der Waals surface area contributed by atoms with Gasteiger partial charge in [-0.1, -0.05) is 24.3 Å². The molecule has 0 unspecified atom stereocenters. The molecule has 1 atom stereocenters. The Morgan fingerprint density at radius 2 is 2.00 bits per heavy atom. The normalized spacial score (nSPS) is 19.0. The maximum atomic E-state index is 13.0. The molecule has 2 aliphatic heterocycles. The van der Waals surface area contributed by atoms with Gasteiger partial charge in [-0.2, -0.15) is 0 Å². The van der Waals surface area contributed by atoms with Gasteiger partial charge in [0.15, 0.2) is 0 Å². The average molecular weight is 477 g/mol. The zero-order valence-electron chi connectivity index (χ0n) is 19.4. The third-order valence-electron chi connectivity index (χ3n) is 6.36. The van der Waals surface area contributed by atoms with Gasteiger partial charge in [0.1, 0.15) is 6.33 Å². The largest absolute Gasteiger partial charge is 0.462 e. The molecule has 1 N–H and O–H groups in total. The van der Waals surface area contributed by atoms with Crippen LogP contribution in [0.2, 0.25) is 0 Å². The third kappa shape index (κ3) is 5.55. The number of carbonyl (C=O) groups is 2. The molecule has 0 spiro atoms. The molecule has 3 heterocycles. The highest BCUT2D eigenvalue weighted by Gasteiger charge is 2.22. The van der Waals surface area contributed by atoms with Crippen molar-refractivity contribution in [3.8, 4) is 5.69 Å². The lowest BCUT2D eigenvalue weighted by molar-refractivity contribution is -0.130. The fourth-order valence-corrected chi connectivity index (χ4v) is 4.45. The summed E-state index contributed by atoms with van der Waals surface area (Å²) in [4.78, 5) is 26.8. The van der Waals surface area contributed by atoms with Crippen molar-refractivity contribution >= 4 is 11.9 Å². The summed E-state index contributed by atoms with van der Waals surface area (Å²) in [6, 6.07) is 13.5. The Labute approximate surface area is 203 Å². The topological polar surface area (TPSA) is 111 Å². The van der Waals surface area contributed by atoms with Gasteiger partial charge in [0.2, 0.25) is 5.91 Å². The molecule has 1 saturated heterocycles. The van der Waals surface area contributed by atoms with Crippen LogP contribution in [0, 0.1) is 0 Å². The Balaban J connectivity index is 1.15. The number of cyclic esters (lactones) is 1. The van der Waals surface area contributed by atoms with Gasteiger partial charge in [0, 0.05) is 39.2 Å². The summed E-state index contributed by atoms with van der Waals surface area (Å²) in [5.74, 6) is -0.156. The van der Waals surface area contributed by atoms with Crippen LogP contribution in [-0.2, 0) is 27.1 Å². The van der Waals surface area contributed by atoms with E-state index in [1.807, 2.05) is 41.3 Å². The van der Waals surface area contributed by atoms with E-state index in [-0.39, 0.29) is 18.0 Å². The summed E-state index contributed by atoms with van der Waals surface area (Å²) in [5.41, 5.74) is 4.52. The van der Waals surface area contributed by atoms with Crippen molar-refractivity contribution in [1.82, 2.24) is 30.4 Å². The Morgan fingerprint density at radius 1 is 1.11 bits per heavy atom. The van der Waals surface area contributed by atoms with Gasteiger partial charge >= 0.3 is 5.97 Å². The van der Waals surface area contributed by atoms with E-state index in [1.54, 1.807) is 4.68 Å². The third-order valence-corrected chi connectivity index (χ3v) is 6.36. The minimum Gasteiger partial charge on any atom is -0.462 e. The highest BCUT2D eigenvalue weighted by molar-refractivity contribution is 5.92. The van der Waals surface area contributed by atoms with E-state index in [2.05, 4.69) is 26.9 Å². The second-order valence-electron chi connectivity index (χ2n) is 8.70. The highest BCUT2D eigenvalue weighted by atomic mass is 16.5. The number of tetrazole rings is 1. The lowest BCUT2D eigenvalue weighted by Gasteiger charge is -2.27. The smallest absolute Gasteiger partial charge is 0.338 e. The minimum atomic E-state index is -0.254. The molecule has 2 aliphatic rings. The van der Waals surface area contributed by atoms with Crippen LogP contribution in [0.1, 0.15) is 39.6 Å². The number of hydrogen-bond donors (Lipinski definition) is 1. The van der Waals surface area contributed by atoms with Gasteiger partial charge in [-0.3, -0.25) is 4.79 Å². The van der Waals surface area contributed by atoms with Gasteiger partial charge in [0.25, 0.3) is 0 Å². The summed E-state index contributed by atoms with van der Waals surface area (Å²) in [7, 11) is 0. The first-order valence-electron chi connectivity index (χ1n) is 11.9. The molecule has 35 heavy (non-hydrogen) atoms. The first-order chi connectivity index (χ1) is 17.2. The van der Waals surface area contributed by atoms with Crippen molar-refractivity contribution in [3.05, 3.63) is 71.0 Å². The zero-order valence-corrected chi connectivity index (χ0v) is 19.4. The predicted octanol–water partition coefficient (Wildman–Crippen LogP) is 1.50. The first-order valence-corrected chi connectivity index (χ1v) is 11.9. The summed E-state index contributed by atoms with van der Waals surface area (Å²) in [6.45, 7) is 3.59. The molecule has 182 valence electrons. The van der Waals surface area contributed by atoms with Crippen molar-refractivity contribution in [3.63, 3.8) is 0 Å².